The van der Waals surface area contributed by atoms with Crippen LogP contribution in [0, 0.1) is 0 Å². The zero-order chi connectivity index (χ0) is 15.2. The van der Waals surface area contributed by atoms with Crippen LogP contribution >= 0.6 is 23.4 Å². The molecule has 112 valence electrons. The molecule has 0 saturated heterocycles. The van der Waals surface area contributed by atoms with E-state index in [0.29, 0.717) is 5.88 Å². The van der Waals surface area contributed by atoms with Gasteiger partial charge in [0.1, 0.15) is 0 Å². The zero-order valence-corrected chi connectivity index (χ0v) is 13.3. The third kappa shape index (κ3) is 4.22. The smallest absolute Gasteiger partial charge is 0.221 e. The van der Waals surface area contributed by atoms with Gasteiger partial charge in [0.05, 0.1) is 6.42 Å². The van der Waals surface area contributed by atoms with Crippen molar-refractivity contribution in [3.63, 3.8) is 0 Å². The van der Waals surface area contributed by atoms with Crippen LogP contribution in [0.25, 0.3) is 11.4 Å². The Balaban J connectivity index is 2.12. The lowest BCUT2D eigenvalue weighted by Crippen LogP contribution is -2.13. The highest BCUT2D eigenvalue weighted by molar-refractivity contribution is 7.99. The molecule has 2 rings (SSSR count). The minimum Gasteiger partial charge on any atom is -0.369 e. The zero-order valence-electron chi connectivity index (χ0n) is 11.8. The summed E-state index contributed by atoms with van der Waals surface area (Å²) < 4.78 is 1.96. The lowest BCUT2D eigenvalue weighted by atomic mass is 10.1. The molecule has 7 heteroatoms. The Morgan fingerprint density at radius 1 is 1.33 bits per heavy atom. The topological polar surface area (TPSA) is 73.8 Å². The summed E-state index contributed by atoms with van der Waals surface area (Å²) in [7, 11) is 1.94. The molecule has 0 aliphatic heterocycles. The molecule has 0 radical (unpaired) electrons. The van der Waals surface area contributed by atoms with Crippen molar-refractivity contribution in [2.45, 2.75) is 18.0 Å². The van der Waals surface area contributed by atoms with Crippen molar-refractivity contribution < 1.29 is 4.79 Å². The molecule has 2 N–H and O–H groups in total. The van der Waals surface area contributed by atoms with Gasteiger partial charge in [-0.2, -0.15) is 0 Å². The summed E-state index contributed by atoms with van der Waals surface area (Å²) >= 11 is 7.31. The Bertz CT molecular complexity index is 612. The average Bonchev–Trinajstić information content (AvgIpc) is 2.81. The predicted molar refractivity (Wildman–Crippen MR) is 85.4 cm³/mol. The highest BCUT2D eigenvalue weighted by Crippen LogP contribution is 2.23. The van der Waals surface area contributed by atoms with E-state index in [4.69, 9.17) is 17.3 Å². The van der Waals surface area contributed by atoms with Gasteiger partial charge in [0.2, 0.25) is 5.91 Å². The number of nitrogens with zero attached hydrogens (tertiary/aromatic N) is 3. The van der Waals surface area contributed by atoms with Crippen molar-refractivity contribution in [1.82, 2.24) is 14.8 Å². The Morgan fingerprint density at radius 3 is 2.67 bits per heavy atom. The lowest BCUT2D eigenvalue weighted by Gasteiger charge is -2.04. The number of aromatic nitrogens is 3. The molecule has 1 amide bonds. The molecule has 0 aliphatic carbocycles. The first-order valence-electron chi connectivity index (χ1n) is 6.57. The minimum atomic E-state index is -0.334. The first-order valence-corrected chi connectivity index (χ1v) is 8.09. The number of alkyl halides is 1. The largest absolute Gasteiger partial charge is 0.369 e. The second-order valence-electron chi connectivity index (χ2n) is 4.60. The monoisotopic (exact) mass is 324 g/mol. The van der Waals surface area contributed by atoms with Crippen LogP contribution in [0.3, 0.4) is 0 Å². The van der Waals surface area contributed by atoms with Crippen molar-refractivity contribution in [2.24, 2.45) is 12.8 Å². The van der Waals surface area contributed by atoms with E-state index in [9.17, 15) is 4.79 Å². The first-order chi connectivity index (χ1) is 10.1. The summed E-state index contributed by atoms with van der Waals surface area (Å²) in [5.74, 6) is 2.04. The number of amides is 1. The van der Waals surface area contributed by atoms with Crippen LogP contribution in [0.1, 0.15) is 12.0 Å². The quantitative estimate of drug-likeness (QED) is 0.481. The predicted octanol–water partition coefficient (Wildman–Crippen LogP) is 2.23. The minimum absolute atomic E-state index is 0.249. The number of hydrogen-bond donors (Lipinski definition) is 1. The number of nitrogens with two attached hydrogens (primary N) is 1. The van der Waals surface area contributed by atoms with Crippen molar-refractivity contribution in [3.05, 3.63) is 29.8 Å². The fourth-order valence-corrected chi connectivity index (χ4v) is 3.02. The van der Waals surface area contributed by atoms with Gasteiger partial charge < -0.3 is 10.3 Å². The molecule has 0 aliphatic rings. The summed E-state index contributed by atoms with van der Waals surface area (Å²) in [6.07, 6.45) is 1.19. The fourth-order valence-electron chi connectivity index (χ4n) is 1.88. The first kappa shape index (κ1) is 15.9. The van der Waals surface area contributed by atoms with Gasteiger partial charge in [-0.1, -0.05) is 36.0 Å². The maximum absolute atomic E-state index is 10.9. The number of primary amides is 1. The highest BCUT2D eigenvalue weighted by Gasteiger charge is 2.11. The number of carbonyl (C=O) groups excluding carboxylic acids is 1. The van der Waals surface area contributed by atoms with Gasteiger partial charge in [-0.15, -0.1) is 21.8 Å². The second kappa shape index (κ2) is 7.47. The maximum Gasteiger partial charge on any atom is 0.221 e. The van der Waals surface area contributed by atoms with Gasteiger partial charge >= 0.3 is 0 Å². The van der Waals surface area contributed by atoms with E-state index in [1.807, 2.05) is 35.9 Å². The molecular weight excluding hydrogens is 308 g/mol. The van der Waals surface area contributed by atoms with Gasteiger partial charge in [-0.3, -0.25) is 4.79 Å². The SMILES string of the molecule is Cn1c(SCCCCl)nnc1-c1ccc(CC(N)=O)cc1. The number of rotatable bonds is 7. The Labute approximate surface area is 132 Å². The van der Waals surface area contributed by atoms with Crippen molar-refractivity contribution in [1.29, 1.82) is 0 Å². The number of halogens is 1. The van der Waals surface area contributed by atoms with E-state index < -0.39 is 0 Å². The molecule has 1 heterocycles. The molecule has 0 atom stereocenters. The second-order valence-corrected chi connectivity index (χ2v) is 6.04. The molecule has 0 unspecified atom stereocenters. The molecule has 5 nitrogen and oxygen atoms in total. The van der Waals surface area contributed by atoms with Gasteiger partial charge in [-0.05, 0) is 12.0 Å². The van der Waals surface area contributed by atoms with E-state index >= 15 is 0 Å². The van der Waals surface area contributed by atoms with E-state index in [-0.39, 0.29) is 12.3 Å². The standard InChI is InChI=1S/C14H17ClN4OS/c1-19-13(17-18-14(19)21-8-2-7-15)11-5-3-10(4-6-11)9-12(16)20/h3-6H,2,7-9H2,1H3,(H2,16,20). The summed E-state index contributed by atoms with van der Waals surface area (Å²) in [5.41, 5.74) is 7.04. The van der Waals surface area contributed by atoms with Crippen LogP contribution in [0.5, 0.6) is 0 Å². The molecule has 0 fully saturated rings. The van der Waals surface area contributed by atoms with Crippen LogP contribution in [0.4, 0.5) is 0 Å². The highest BCUT2D eigenvalue weighted by atomic mass is 35.5. The number of benzene rings is 1. The van der Waals surface area contributed by atoms with E-state index in [0.717, 1.165) is 34.3 Å². The molecule has 0 bridgehead atoms. The average molecular weight is 325 g/mol. The summed E-state index contributed by atoms with van der Waals surface area (Å²) in [6, 6.07) is 7.62. The molecule has 2 aromatic rings. The van der Waals surface area contributed by atoms with Gasteiger partial charge in [0, 0.05) is 24.2 Å². The normalized spacial score (nSPS) is 10.8. The molecule has 0 saturated carbocycles. The summed E-state index contributed by atoms with van der Waals surface area (Å²) in [4.78, 5) is 10.9. The van der Waals surface area contributed by atoms with Crippen LogP contribution in [0.2, 0.25) is 0 Å². The van der Waals surface area contributed by atoms with Gasteiger partial charge in [0.25, 0.3) is 0 Å². The lowest BCUT2D eigenvalue weighted by molar-refractivity contribution is -0.117. The molecule has 1 aromatic heterocycles. The number of hydrogen-bond acceptors (Lipinski definition) is 4. The third-order valence-electron chi connectivity index (χ3n) is 2.93. The van der Waals surface area contributed by atoms with Crippen molar-refractivity contribution in [3.8, 4) is 11.4 Å². The third-order valence-corrected chi connectivity index (χ3v) is 4.31. The van der Waals surface area contributed by atoms with Crippen LogP contribution in [0.15, 0.2) is 29.4 Å². The van der Waals surface area contributed by atoms with Crippen LogP contribution in [-0.4, -0.2) is 32.3 Å². The van der Waals surface area contributed by atoms with E-state index in [2.05, 4.69) is 10.2 Å². The number of carbonyl (C=O) groups is 1. The van der Waals surface area contributed by atoms with E-state index in [1.54, 1.807) is 11.8 Å². The Kier molecular flexibility index (Phi) is 5.64. The van der Waals surface area contributed by atoms with Crippen molar-refractivity contribution in [2.75, 3.05) is 11.6 Å². The Morgan fingerprint density at radius 2 is 2.05 bits per heavy atom. The van der Waals surface area contributed by atoms with Gasteiger partial charge in [-0.25, -0.2) is 0 Å². The van der Waals surface area contributed by atoms with Crippen LogP contribution < -0.4 is 5.73 Å². The van der Waals surface area contributed by atoms with Gasteiger partial charge in [0.15, 0.2) is 11.0 Å². The molecule has 0 spiro atoms. The summed E-state index contributed by atoms with van der Waals surface area (Å²) in [6.45, 7) is 0. The number of thioether (sulfide) groups is 1. The van der Waals surface area contributed by atoms with Crippen molar-refractivity contribution >= 4 is 29.3 Å². The van der Waals surface area contributed by atoms with E-state index in [1.165, 1.54) is 0 Å². The maximum atomic E-state index is 10.9. The summed E-state index contributed by atoms with van der Waals surface area (Å²) in [5, 5.41) is 9.29. The fraction of sp³-hybridized carbons (Fsp3) is 0.357. The molecule has 1 aromatic carbocycles. The van der Waals surface area contributed by atoms with Crippen LogP contribution in [-0.2, 0) is 18.3 Å². The Hall–Kier alpha value is -1.53. The molecular formula is C14H17ClN4OS. The molecule has 21 heavy (non-hydrogen) atoms.